The van der Waals surface area contributed by atoms with Crippen LogP contribution in [0.2, 0.25) is 0 Å². The molecule has 3 heterocycles. The van der Waals surface area contributed by atoms with Crippen molar-refractivity contribution in [2.75, 3.05) is 26.8 Å². The average Bonchev–Trinajstić information content (AvgIpc) is 3.34. The van der Waals surface area contributed by atoms with Gasteiger partial charge >= 0.3 is 0 Å². The van der Waals surface area contributed by atoms with Crippen LogP contribution < -0.4 is 10.1 Å². The number of para-hydroxylation sites is 1. The van der Waals surface area contributed by atoms with Crippen molar-refractivity contribution in [3.8, 4) is 5.75 Å². The molecule has 1 saturated heterocycles. The highest BCUT2D eigenvalue weighted by molar-refractivity contribution is 6.10. The van der Waals surface area contributed by atoms with Gasteiger partial charge in [0.25, 0.3) is 0 Å². The number of aliphatic hydroxyl groups is 1. The molecule has 1 atom stereocenters. The molecule has 8 heteroatoms. The number of fused-ring (bicyclic) bond motifs is 5. The number of carbonyl (C=O) groups is 1. The Bertz CT molecular complexity index is 1490. The Labute approximate surface area is 221 Å². The number of likely N-dealkylation sites (tertiary alicyclic amines) is 1. The largest absolute Gasteiger partial charge is 0.494 e. The van der Waals surface area contributed by atoms with E-state index in [1.54, 1.807) is 11.0 Å². The minimum Gasteiger partial charge on any atom is -0.494 e. The molecule has 0 spiro atoms. The second-order valence-electron chi connectivity index (χ2n) is 10.4. The van der Waals surface area contributed by atoms with Crippen LogP contribution in [0.3, 0.4) is 0 Å². The number of nitrogens with one attached hydrogen (secondary N) is 2. The van der Waals surface area contributed by atoms with E-state index < -0.39 is 6.61 Å². The Kier molecular flexibility index (Phi) is 6.76. The highest BCUT2D eigenvalue weighted by Gasteiger charge is 2.30. The molecule has 1 amide bonds. The molecule has 7 nitrogen and oxygen atoms in total. The predicted octanol–water partition coefficient (Wildman–Crippen LogP) is 4.40. The maximum absolute atomic E-state index is 14.5. The highest BCUT2D eigenvalue weighted by Crippen LogP contribution is 2.39. The molecule has 2 aromatic heterocycles. The fourth-order valence-corrected chi connectivity index (χ4v) is 6.21. The van der Waals surface area contributed by atoms with E-state index in [9.17, 15) is 14.3 Å². The van der Waals surface area contributed by atoms with Crippen LogP contribution in [0.5, 0.6) is 5.75 Å². The van der Waals surface area contributed by atoms with Crippen LogP contribution in [-0.4, -0.2) is 58.7 Å². The number of carbonyl (C=O) groups excluding carboxylic acids is 1. The summed E-state index contributed by atoms with van der Waals surface area (Å²) in [6.07, 6.45) is 5.26. The van der Waals surface area contributed by atoms with Crippen LogP contribution in [0.25, 0.3) is 21.8 Å². The van der Waals surface area contributed by atoms with Gasteiger partial charge in [0, 0.05) is 41.8 Å². The van der Waals surface area contributed by atoms with Gasteiger partial charge in [-0.2, -0.15) is 0 Å². The van der Waals surface area contributed by atoms with Crippen molar-refractivity contribution < 1.29 is 19.0 Å². The van der Waals surface area contributed by atoms with E-state index in [1.807, 2.05) is 12.1 Å². The van der Waals surface area contributed by atoms with Crippen LogP contribution in [0.1, 0.15) is 54.2 Å². The van der Waals surface area contributed by atoms with E-state index in [0.29, 0.717) is 19.5 Å². The summed E-state index contributed by atoms with van der Waals surface area (Å²) in [6.45, 7) is 0.874. The van der Waals surface area contributed by atoms with Gasteiger partial charge in [-0.1, -0.05) is 24.3 Å². The maximum atomic E-state index is 14.5. The molecule has 2 aromatic carbocycles. The molecule has 0 saturated carbocycles. The molecule has 3 N–H and O–H groups in total. The van der Waals surface area contributed by atoms with E-state index in [2.05, 4.69) is 28.5 Å². The van der Waals surface area contributed by atoms with Gasteiger partial charge in [0.2, 0.25) is 5.91 Å². The van der Waals surface area contributed by atoms with E-state index in [-0.39, 0.29) is 29.6 Å². The molecule has 0 bridgehead atoms. The first-order valence-electron chi connectivity index (χ1n) is 13.4. The molecular formula is C30H33FN4O3. The summed E-state index contributed by atoms with van der Waals surface area (Å²) >= 11 is 0. The monoisotopic (exact) mass is 516 g/mol. The number of amides is 1. The van der Waals surface area contributed by atoms with Crippen molar-refractivity contribution in [1.29, 1.82) is 0 Å². The quantitative estimate of drug-likeness (QED) is 0.353. The summed E-state index contributed by atoms with van der Waals surface area (Å²) in [7, 11) is 1.47. The standard InChI is InChI=1S/C30H33FN4O3/c1-38-26-10-9-18(15-22(26)31)16-25-30-28(20-5-2-3-7-23(20)33-30)21-6-4-8-24(29(21)34-25)32-19-11-13-35(14-12-19)27(37)17-36/h2-3,5,7,9-10,15,19,24,32-33,36H,4,6,8,11-14,16-17H2,1H3. The number of nitrogens with zero attached hydrogens (tertiary/aromatic N) is 2. The van der Waals surface area contributed by atoms with Gasteiger partial charge in [0.15, 0.2) is 11.6 Å². The number of pyridine rings is 1. The minimum absolute atomic E-state index is 0.119. The van der Waals surface area contributed by atoms with Gasteiger partial charge in [-0.15, -0.1) is 0 Å². The lowest BCUT2D eigenvalue weighted by atomic mass is 9.87. The van der Waals surface area contributed by atoms with Gasteiger partial charge in [-0.25, -0.2) is 4.39 Å². The molecule has 1 unspecified atom stereocenters. The Morgan fingerprint density at radius 2 is 2.03 bits per heavy atom. The van der Waals surface area contributed by atoms with E-state index in [1.165, 1.54) is 29.5 Å². The zero-order chi connectivity index (χ0) is 26.2. The lowest BCUT2D eigenvalue weighted by Crippen LogP contribution is -2.47. The molecular weight excluding hydrogens is 483 g/mol. The molecule has 1 aliphatic carbocycles. The van der Waals surface area contributed by atoms with Crippen molar-refractivity contribution in [2.45, 2.75) is 50.6 Å². The summed E-state index contributed by atoms with van der Waals surface area (Å²) in [5, 5.41) is 15.5. The maximum Gasteiger partial charge on any atom is 0.248 e. The average molecular weight is 517 g/mol. The lowest BCUT2D eigenvalue weighted by Gasteiger charge is -2.36. The van der Waals surface area contributed by atoms with Crippen molar-refractivity contribution >= 4 is 27.7 Å². The number of aliphatic hydroxyl groups excluding tert-OH is 1. The third kappa shape index (κ3) is 4.52. The number of rotatable bonds is 6. The molecule has 198 valence electrons. The van der Waals surface area contributed by atoms with Crippen LogP contribution in [-0.2, 0) is 17.6 Å². The number of hydrogen-bond acceptors (Lipinski definition) is 5. The highest BCUT2D eigenvalue weighted by atomic mass is 19.1. The lowest BCUT2D eigenvalue weighted by molar-refractivity contribution is -0.135. The normalized spacial score (nSPS) is 18.2. The first kappa shape index (κ1) is 24.8. The van der Waals surface area contributed by atoms with Gasteiger partial charge in [0.1, 0.15) is 6.61 Å². The smallest absolute Gasteiger partial charge is 0.248 e. The van der Waals surface area contributed by atoms with Crippen molar-refractivity contribution in [3.63, 3.8) is 0 Å². The molecule has 6 rings (SSSR count). The Hall–Kier alpha value is -3.49. The molecule has 1 aliphatic heterocycles. The zero-order valence-corrected chi connectivity index (χ0v) is 21.6. The molecule has 2 aliphatic rings. The number of piperidine rings is 1. The van der Waals surface area contributed by atoms with Gasteiger partial charge in [-0.05, 0) is 61.4 Å². The third-order valence-corrected chi connectivity index (χ3v) is 8.12. The predicted molar refractivity (Wildman–Crippen MR) is 145 cm³/mol. The molecule has 38 heavy (non-hydrogen) atoms. The Morgan fingerprint density at radius 3 is 2.79 bits per heavy atom. The number of aromatic amines is 1. The number of H-pyrrole nitrogens is 1. The van der Waals surface area contributed by atoms with Crippen LogP contribution in [0.4, 0.5) is 4.39 Å². The second kappa shape index (κ2) is 10.3. The fraction of sp³-hybridized carbons (Fsp3) is 0.400. The molecule has 0 radical (unpaired) electrons. The van der Waals surface area contributed by atoms with Gasteiger partial charge in [0.05, 0.1) is 30.1 Å². The number of methoxy groups -OCH3 is 1. The Balaban J connectivity index is 1.38. The number of benzene rings is 2. The number of hydrogen-bond donors (Lipinski definition) is 3. The van der Waals surface area contributed by atoms with E-state index in [4.69, 9.17) is 9.72 Å². The van der Waals surface area contributed by atoms with E-state index >= 15 is 0 Å². The summed E-state index contributed by atoms with van der Waals surface area (Å²) in [6, 6.07) is 13.9. The molecule has 4 aromatic rings. The van der Waals surface area contributed by atoms with Gasteiger partial charge < -0.3 is 25.0 Å². The summed E-state index contributed by atoms with van der Waals surface area (Å²) in [5.74, 6) is -0.338. The molecule has 1 fully saturated rings. The first-order valence-corrected chi connectivity index (χ1v) is 13.4. The van der Waals surface area contributed by atoms with Crippen molar-refractivity contribution in [2.24, 2.45) is 0 Å². The van der Waals surface area contributed by atoms with Crippen molar-refractivity contribution in [1.82, 2.24) is 20.2 Å². The number of ether oxygens (including phenoxy) is 1. The zero-order valence-electron chi connectivity index (χ0n) is 21.6. The van der Waals surface area contributed by atoms with E-state index in [0.717, 1.165) is 60.1 Å². The van der Waals surface area contributed by atoms with Crippen LogP contribution in [0.15, 0.2) is 42.5 Å². The summed E-state index contributed by atoms with van der Waals surface area (Å²) in [4.78, 5) is 22.5. The van der Waals surface area contributed by atoms with Crippen molar-refractivity contribution in [3.05, 3.63) is 70.8 Å². The SMILES string of the molecule is COc1ccc(Cc2nc3c(c4c2[nH]c2ccccc24)CCCC3NC2CCN(C(=O)CO)CC2)cc1F. The number of halogens is 1. The summed E-state index contributed by atoms with van der Waals surface area (Å²) in [5.41, 5.74) is 6.24. The van der Waals surface area contributed by atoms with Gasteiger partial charge in [-0.3, -0.25) is 9.78 Å². The van der Waals surface area contributed by atoms with Crippen LogP contribution in [0, 0.1) is 5.82 Å². The Morgan fingerprint density at radius 1 is 1.21 bits per heavy atom. The van der Waals surface area contributed by atoms with Crippen LogP contribution >= 0.6 is 0 Å². The summed E-state index contributed by atoms with van der Waals surface area (Å²) < 4.78 is 19.6. The topological polar surface area (TPSA) is 90.5 Å². The fourth-order valence-electron chi connectivity index (χ4n) is 6.21. The first-order chi connectivity index (χ1) is 18.6. The minimum atomic E-state index is -0.431. The second-order valence-corrected chi connectivity index (χ2v) is 10.4. The number of aryl methyl sites for hydroxylation is 1. The number of aromatic nitrogens is 2. The third-order valence-electron chi connectivity index (χ3n) is 8.12.